The molecule has 1 radical (unpaired) electrons. The fourth-order valence-electron chi connectivity index (χ4n) is 6.34. The number of aromatic nitrogens is 2. The van der Waals surface area contributed by atoms with Gasteiger partial charge in [0.1, 0.15) is 0 Å². The monoisotopic (exact) mass is 751 g/mol. The Labute approximate surface area is 276 Å². The van der Waals surface area contributed by atoms with Gasteiger partial charge in [-0.2, -0.15) is 0 Å². The molecule has 2 nitrogen and oxygen atoms in total. The van der Waals surface area contributed by atoms with Gasteiger partial charge in [0.25, 0.3) is 0 Å². The Balaban J connectivity index is 0.000000194. The summed E-state index contributed by atoms with van der Waals surface area (Å²) in [6.45, 7) is 11.2. The zero-order chi connectivity index (χ0) is 30.0. The molecular weight excluding hydrogens is 713 g/mol. The second kappa shape index (κ2) is 13.0. The van der Waals surface area contributed by atoms with Gasteiger partial charge < -0.3 is 4.98 Å². The Morgan fingerprint density at radius 2 is 1.39 bits per heavy atom. The molecule has 0 spiro atoms. The molecule has 4 aromatic carbocycles. The van der Waals surface area contributed by atoms with Gasteiger partial charge >= 0.3 is 0 Å². The van der Waals surface area contributed by atoms with Gasteiger partial charge in [-0.25, -0.2) is 0 Å². The van der Waals surface area contributed by atoms with E-state index in [4.69, 9.17) is 4.98 Å². The zero-order valence-corrected chi connectivity index (χ0v) is 28.5. The summed E-state index contributed by atoms with van der Waals surface area (Å²) in [6.07, 6.45) is 4.01. The van der Waals surface area contributed by atoms with Crippen LogP contribution in [0.25, 0.3) is 44.5 Å². The van der Waals surface area contributed by atoms with E-state index in [-0.39, 0.29) is 30.9 Å². The van der Waals surface area contributed by atoms with E-state index in [1.54, 1.807) is 6.20 Å². The summed E-state index contributed by atoms with van der Waals surface area (Å²) in [5, 5.41) is 1.17. The Hall–Kier alpha value is -3.91. The van der Waals surface area contributed by atoms with Gasteiger partial charge in [-0.1, -0.05) is 112 Å². The molecule has 0 saturated carbocycles. The summed E-state index contributed by atoms with van der Waals surface area (Å²) in [6, 6.07) is 44.9. The van der Waals surface area contributed by atoms with E-state index >= 15 is 0 Å². The minimum Gasteiger partial charge on any atom is -0.305 e. The van der Waals surface area contributed by atoms with Gasteiger partial charge in [0.2, 0.25) is 0 Å². The van der Waals surface area contributed by atoms with E-state index in [0.717, 1.165) is 40.9 Å². The normalized spacial score (nSPS) is 12.8. The first-order valence-electron chi connectivity index (χ1n) is 15.3. The predicted molar refractivity (Wildman–Crippen MR) is 180 cm³/mol. The van der Waals surface area contributed by atoms with Crippen molar-refractivity contribution in [2.75, 3.05) is 0 Å². The minimum atomic E-state index is 0. The molecule has 0 atom stereocenters. The molecule has 0 bridgehead atoms. The summed E-state index contributed by atoms with van der Waals surface area (Å²) >= 11 is 0. The van der Waals surface area contributed by atoms with Gasteiger partial charge in [-0.05, 0) is 52.7 Å². The minimum absolute atomic E-state index is 0. The Morgan fingerprint density at radius 3 is 2.09 bits per heavy atom. The molecule has 3 heteroatoms. The number of rotatable bonds is 4. The van der Waals surface area contributed by atoms with Crippen molar-refractivity contribution in [2.24, 2.45) is 0 Å². The van der Waals surface area contributed by atoms with E-state index in [1.807, 2.05) is 24.3 Å². The number of hydrogen-bond acceptors (Lipinski definition) is 2. The molecule has 2 aromatic heterocycles. The third kappa shape index (κ3) is 5.92. The van der Waals surface area contributed by atoms with Gasteiger partial charge in [0, 0.05) is 31.7 Å². The predicted octanol–water partition coefficient (Wildman–Crippen LogP) is 10.6. The van der Waals surface area contributed by atoms with Gasteiger partial charge in [-0.15, -0.1) is 64.7 Å². The number of para-hydroxylation sites is 1. The zero-order valence-electron chi connectivity index (χ0n) is 26.1. The molecule has 223 valence electrons. The molecule has 1 aliphatic carbocycles. The molecule has 0 unspecified atom stereocenters. The summed E-state index contributed by atoms with van der Waals surface area (Å²) in [7, 11) is 0. The third-order valence-corrected chi connectivity index (χ3v) is 8.90. The average Bonchev–Trinajstić information content (AvgIpc) is 3.34. The molecular formula is C41H38IrN2-2. The van der Waals surface area contributed by atoms with E-state index in [1.165, 1.54) is 33.2 Å². The maximum atomic E-state index is 4.89. The van der Waals surface area contributed by atoms with Crippen LogP contribution in [-0.2, 0) is 30.9 Å². The number of pyridine rings is 2. The molecule has 0 amide bonds. The topological polar surface area (TPSA) is 25.8 Å². The van der Waals surface area contributed by atoms with Crippen LogP contribution in [0.4, 0.5) is 0 Å². The van der Waals surface area contributed by atoms with E-state index in [9.17, 15) is 0 Å². The number of hydrogen-bond donors (Lipinski definition) is 0. The summed E-state index contributed by atoms with van der Waals surface area (Å²) < 4.78 is 0. The van der Waals surface area contributed by atoms with Crippen LogP contribution in [0.2, 0.25) is 0 Å². The van der Waals surface area contributed by atoms with Crippen LogP contribution < -0.4 is 0 Å². The SMILES string of the molecule is CC(C)(C)c1c[c-]c(-c2ccccn2)cc1.CCC1(CC)c2ccccc2-c2c[c-]c(-c3ccc4ccccc4n3)cc21.[Ir]. The molecule has 44 heavy (non-hydrogen) atoms. The van der Waals surface area contributed by atoms with Crippen molar-refractivity contribution in [3.63, 3.8) is 0 Å². The van der Waals surface area contributed by atoms with Gasteiger partial charge in [-0.3, -0.25) is 4.98 Å². The van der Waals surface area contributed by atoms with E-state index in [0.29, 0.717) is 0 Å². The first-order valence-corrected chi connectivity index (χ1v) is 15.3. The number of nitrogens with zero attached hydrogens (tertiary/aromatic N) is 2. The summed E-state index contributed by atoms with van der Waals surface area (Å²) in [5.74, 6) is 0. The Bertz CT molecular complexity index is 1860. The van der Waals surface area contributed by atoms with Crippen LogP contribution in [0.5, 0.6) is 0 Å². The van der Waals surface area contributed by atoms with Crippen molar-refractivity contribution >= 4 is 10.9 Å². The standard InChI is InChI=1S/C26H22N.C15H16N.Ir/c1-3-26(4-2)22-11-7-6-10-20(22)21-15-13-19(17-23(21)26)25-16-14-18-9-5-8-12-24(18)27-25;1-15(2,3)13-9-7-12(8-10-13)14-6-4-5-11-16-14;/h5-12,14-17H,3-4H2,1-2H3;4-7,9-11H,1-3H3;/q2*-1;. The van der Waals surface area contributed by atoms with Crippen LogP contribution in [-0.4, -0.2) is 9.97 Å². The van der Waals surface area contributed by atoms with Crippen molar-refractivity contribution in [1.29, 1.82) is 0 Å². The van der Waals surface area contributed by atoms with Crippen molar-refractivity contribution in [1.82, 2.24) is 9.97 Å². The van der Waals surface area contributed by atoms with Crippen molar-refractivity contribution in [3.05, 3.63) is 144 Å². The molecule has 0 saturated heterocycles. The average molecular weight is 751 g/mol. The van der Waals surface area contributed by atoms with Crippen LogP contribution in [0.15, 0.2) is 115 Å². The Morgan fingerprint density at radius 1 is 0.659 bits per heavy atom. The van der Waals surface area contributed by atoms with Crippen LogP contribution in [0.3, 0.4) is 0 Å². The van der Waals surface area contributed by atoms with Crippen molar-refractivity contribution in [3.8, 4) is 33.6 Å². The quantitative estimate of drug-likeness (QED) is 0.168. The fraction of sp³-hybridized carbons (Fsp3) is 0.220. The van der Waals surface area contributed by atoms with Crippen LogP contribution in [0, 0.1) is 12.1 Å². The van der Waals surface area contributed by atoms with Crippen LogP contribution in [0.1, 0.15) is 64.2 Å². The molecule has 0 aliphatic heterocycles. The molecule has 6 aromatic rings. The fourth-order valence-corrected chi connectivity index (χ4v) is 6.34. The number of benzene rings is 4. The van der Waals surface area contributed by atoms with E-state index < -0.39 is 0 Å². The molecule has 7 rings (SSSR count). The smallest absolute Gasteiger partial charge is 0.0595 e. The summed E-state index contributed by atoms with van der Waals surface area (Å²) in [4.78, 5) is 9.20. The second-order valence-electron chi connectivity index (χ2n) is 12.4. The maximum Gasteiger partial charge on any atom is 0.0595 e. The number of fused-ring (bicyclic) bond motifs is 4. The molecule has 0 fully saturated rings. The first-order chi connectivity index (χ1) is 20.8. The second-order valence-corrected chi connectivity index (χ2v) is 12.4. The van der Waals surface area contributed by atoms with Crippen LogP contribution >= 0.6 is 0 Å². The maximum absolute atomic E-state index is 4.89. The summed E-state index contributed by atoms with van der Waals surface area (Å²) in [5.41, 5.74) is 12.3. The first kappa shape index (κ1) is 31.5. The van der Waals surface area contributed by atoms with Gasteiger partial charge in [0.15, 0.2) is 0 Å². The molecule has 1 aliphatic rings. The third-order valence-electron chi connectivity index (χ3n) is 8.90. The Kier molecular flexibility index (Phi) is 9.30. The largest absolute Gasteiger partial charge is 0.305 e. The van der Waals surface area contributed by atoms with Crippen molar-refractivity contribution in [2.45, 2.75) is 58.3 Å². The molecule has 2 heterocycles. The van der Waals surface area contributed by atoms with Crippen molar-refractivity contribution < 1.29 is 20.1 Å². The van der Waals surface area contributed by atoms with E-state index in [2.05, 4.69) is 137 Å². The van der Waals surface area contributed by atoms with Gasteiger partial charge in [0.05, 0.1) is 5.52 Å². The molecule has 0 N–H and O–H groups in total.